The van der Waals surface area contributed by atoms with E-state index >= 15 is 0 Å². The van der Waals surface area contributed by atoms with Crippen LogP contribution in [0.25, 0.3) is 0 Å². The van der Waals surface area contributed by atoms with Crippen molar-refractivity contribution in [3.05, 3.63) is 23.8 Å². The van der Waals surface area contributed by atoms with Gasteiger partial charge in [0.2, 0.25) is 6.79 Å². The number of nitrogens with one attached hydrogen (secondary N) is 1. The summed E-state index contributed by atoms with van der Waals surface area (Å²) in [5, 5.41) is 3.36. The highest BCUT2D eigenvalue weighted by molar-refractivity contribution is 14.0. The Kier molecular flexibility index (Phi) is 8.49. The number of rotatable bonds is 6. The second kappa shape index (κ2) is 9.60. The molecule has 1 N–H and O–H groups in total. The summed E-state index contributed by atoms with van der Waals surface area (Å²) in [5.41, 5.74) is 1.17. The molecule has 0 unspecified atom stereocenters. The summed E-state index contributed by atoms with van der Waals surface area (Å²) in [6.07, 6.45) is 2.12. The molecule has 24 heavy (non-hydrogen) atoms. The third-order valence-electron chi connectivity index (χ3n) is 3.72. The van der Waals surface area contributed by atoms with Crippen LogP contribution in [0, 0.1) is 0 Å². The van der Waals surface area contributed by atoms with Crippen LogP contribution in [0.4, 0.5) is 0 Å². The number of hydrogen-bond acceptors (Lipinski definition) is 4. The predicted octanol–water partition coefficient (Wildman–Crippen LogP) is 3.57. The van der Waals surface area contributed by atoms with Crippen LogP contribution in [0.15, 0.2) is 23.2 Å². The van der Waals surface area contributed by atoms with E-state index in [9.17, 15) is 0 Å². The second-order valence-electron chi connectivity index (χ2n) is 6.18. The summed E-state index contributed by atoms with van der Waals surface area (Å²) in [6, 6.07) is 6.07. The second-order valence-corrected chi connectivity index (χ2v) is 7.69. The highest BCUT2D eigenvalue weighted by Crippen LogP contribution is 2.32. The smallest absolute Gasteiger partial charge is 0.231 e. The van der Waals surface area contributed by atoms with Gasteiger partial charge in [0.15, 0.2) is 17.5 Å². The van der Waals surface area contributed by atoms with E-state index in [1.807, 2.05) is 23.9 Å². The van der Waals surface area contributed by atoms with Gasteiger partial charge in [-0.15, -0.1) is 24.0 Å². The Labute approximate surface area is 166 Å². The highest BCUT2D eigenvalue weighted by atomic mass is 127. The minimum absolute atomic E-state index is 0. The Morgan fingerprint density at radius 3 is 2.71 bits per heavy atom. The number of thioether (sulfide) groups is 1. The normalized spacial score (nSPS) is 13.5. The molecular weight excluding hydrogens is 437 g/mol. The van der Waals surface area contributed by atoms with Gasteiger partial charge in [-0.25, -0.2) is 0 Å². The Morgan fingerprint density at radius 1 is 1.33 bits per heavy atom. The van der Waals surface area contributed by atoms with E-state index in [1.54, 1.807) is 0 Å². The van der Waals surface area contributed by atoms with E-state index < -0.39 is 0 Å². The lowest BCUT2D eigenvalue weighted by Gasteiger charge is -2.25. The van der Waals surface area contributed by atoms with E-state index in [0.717, 1.165) is 37.1 Å². The zero-order valence-corrected chi connectivity index (χ0v) is 18.2. The molecule has 1 aliphatic rings. The maximum Gasteiger partial charge on any atom is 0.231 e. The zero-order valence-electron chi connectivity index (χ0n) is 15.1. The van der Waals surface area contributed by atoms with Crippen molar-refractivity contribution in [1.82, 2.24) is 10.2 Å². The first-order valence-electron chi connectivity index (χ1n) is 7.88. The lowest BCUT2D eigenvalue weighted by Crippen LogP contribution is -2.39. The van der Waals surface area contributed by atoms with Crippen molar-refractivity contribution in [2.75, 3.05) is 33.2 Å². The largest absolute Gasteiger partial charge is 0.454 e. The van der Waals surface area contributed by atoms with Crippen molar-refractivity contribution in [1.29, 1.82) is 0 Å². The van der Waals surface area contributed by atoms with E-state index in [1.165, 1.54) is 5.56 Å². The molecule has 0 aliphatic carbocycles. The van der Waals surface area contributed by atoms with Crippen LogP contribution >= 0.6 is 35.7 Å². The Balaban J connectivity index is 0.00000288. The summed E-state index contributed by atoms with van der Waals surface area (Å²) in [4.78, 5) is 6.92. The Bertz CT molecular complexity index is 567. The fourth-order valence-electron chi connectivity index (χ4n) is 2.19. The molecule has 0 aromatic heterocycles. The molecule has 1 aromatic rings. The van der Waals surface area contributed by atoms with Crippen molar-refractivity contribution in [2.24, 2.45) is 4.99 Å². The number of aliphatic imine (C=N–C) groups is 1. The molecule has 1 aromatic carbocycles. The molecule has 0 radical (unpaired) electrons. The van der Waals surface area contributed by atoms with Crippen LogP contribution in [0.2, 0.25) is 0 Å². The van der Waals surface area contributed by atoms with Gasteiger partial charge in [0.1, 0.15) is 0 Å². The van der Waals surface area contributed by atoms with Crippen molar-refractivity contribution in [3.63, 3.8) is 0 Å². The number of nitrogens with zero attached hydrogens (tertiary/aromatic N) is 2. The molecule has 0 amide bonds. The van der Waals surface area contributed by atoms with Gasteiger partial charge in [0, 0.05) is 24.9 Å². The molecule has 136 valence electrons. The van der Waals surface area contributed by atoms with E-state index in [4.69, 9.17) is 14.5 Å². The molecule has 0 saturated carbocycles. The minimum Gasteiger partial charge on any atom is -0.454 e. The molecule has 5 nitrogen and oxygen atoms in total. The van der Waals surface area contributed by atoms with Crippen molar-refractivity contribution < 1.29 is 9.47 Å². The lowest BCUT2D eigenvalue weighted by molar-refractivity contribution is 0.174. The first-order chi connectivity index (χ1) is 10.9. The summed E-state index contributed by atoms with van der Waals surface area (Å²) in [7, 11) is 2.05. The number of ether oxygens (including phenoxy) is 2. The van der Waals surface area contributed by atoms with Gasteiger partial charge < -0.3 is 19.7 Å². The van der Waals surface area contributed by atoms with E-state index in [2.05, 4.69) is 50.4 Å². The first kappa shape index (κ1) is 21.2. The predicted molar refractivity (Wildman–Crippen MR) is 113 cm³/mol. The molecule has 7 heteroatoms. The highest BCUT2D eigenvalue weighted by Gasteiger charge is 2.17. The Hall–Kier alpha value is -0.830. The lowest BCUT2D eigenvalue weighted by atomic mass is 10.2. The maximum absolute atomic E-state index is 5.45. The van der Waals surface area contributed by atoms with Gasteiger partial charge in [0.25, 0.3) is 0 Å². The summed E-state index contributed by atoms with van der Waals surface area (Å²) >= 11 is 1.83. The number of hydrogen-bond donors (Lipinski definition) is 1. The molecule has 0 saturated heterocycles. The first-order valence-corrected chi connectivity index (χ1v) is 9.11. The molecule has 2 rings (SSSR count). The fraction of sp³-hybridized carbons (Fsp3) is 0.588. The molecule has 1 aliphatic heterocycles. The Morgan fingerprint density at radius 2 is 2.04 bits per heavy atom. The van der Waals surface area contributed by atoms with Crippen LogP contribution in [-0.4, -0.2) is 48.8 Å². The monoisotopic (exact) mass is 465 g/mol. The van der Waals surface area contributed by atoms with Crippen molar-refractivity contribution in [2.45, 2.75) is 32.1 Å². The van der Waals surface area contributed by atoms with Gasteiger partial charge in [-0.1, -0.05) is 6.07 Å². The molecule has 0 atom stereocenters. The molecule has 0 fully saturated rings. The summed E-state index contributed by atoms with van der Waals surface area (Å²) in [6.45, 7) is 9.21. The number of guanidine groups is 1. The number of fused-ring (bicyclic) bond motifs is 1. The third-order valence-corrected chi connectivity index (χ3v) is 4.95. The van der Waals surface area contributed by atoms with Crippen LogP contribution < -0.4 is 14.8 Å². The average Bonchev–Trinajstić information content (AvgIpc) is 2.99. The quantitative estimate of drug-likeness (QED) is 0.396. The SMILES string of the molecule is CCNC(=NCC(C)(C)SC)N(C)Cc1ccc2c(c1)OCO2.I. The maximum atomic E-state index is 5.45. The van der Waals surface area contributed by atoms with Gasteiger partial charge in [0.05, 0.1) is 6.54 Å². The molecule has 0 spiro atoms. The average molecular weight is 465 g/mol. The van der Waals surface area contributed by atoms with Gasteiger partial charge in [-0.3, -0.25) is 4.99 Å². The van der Waals surface area contributed by atoms with Gasteiger partial charge in [-0.2, -0.15) is 11.8 Å². The number of halogens is 1. The number of benzene rings is 1. The molecule has 1 heterocycles. The van der Waals surface area contributed by atoms with Crippen LogP contribution in [0.1, 0.15) is 26.3 Å². The minimum atomic E-state index is 0. The van der Waals surface area contributed by atoms with Crippen molar-refractivity contribution in [3.8, 4) is 11.5 Å². The van der Waals surface area contributed by atoms with E-state index in [-0.39, 0.29) is 28.7 Å². The summed E-state index contributed by atoms with van der Waals surface area (Å²) in [5.74, 6) is 2.56. The standard InChI is InChI=1S/C17H27N3O2S.HI/c1-6-18-16(19-11-17(2,3)23-5)20(4)10-13-7-8-14-15(9-13)22-12-21-14;/h7-9H,6,10-12H2,1-5H3,(H,18,19);1H. The van der Waals surface area contributed by atoms with Gasteiger partial charge >= 0.3 is 0 Å². The van der Waals surface area contributed by atoms with Crippen molar-refractivity contribution >= 4 is 41.7 Å². The van der Waals surface area contributed by atoms with Crippen LogP contribution in [0.5, 0.6) is 11.5 Å². The molecular formula is C17H28IN3O2S. The summed E-state index contributed by atoms with van der Waals surface area (Å²) < 4.78 is 10.9. The zero-order chi connectivity index (χ0) is 16.9. The van der Waals surface area contributed by atoms with Crippen LogP contribution in [-0.2, 0) is 6.54 Å². The third kappa shape index (κ3) is 5.91. The topological polar surface area (TPSA) is 46.1 Å². The van der Waals surface area contributed by atoms with E-state index in [0.29, 0.717) is 6.79 Å². The van der Waals surface area contributed by atoms with Gasteiger partial charge in [-0.05, 0) is 44.7 Å². The fourth-order valence-corrected chi connectivity index (χ4v) is 2.38. The molecule has 0 bridgehead atoms. The van der Waals surface area contributed by atoms with Crippen LogP contribution in [0.3, 0.4) is 0 Å².